The van der Waals surface area contributed by atoms with Gasteiger partial charge in [-0.25, -0.2) is 0 Å². The van der Waals surface area contributed by atoms with Crippen molar-refractivity contribution in [3.63, 3.8) is 0 Å². The Hall–Kier alpha value is -1.42. The first-order valence-corrected chi connectivity index (χ1v) is 7.37. The van der Waals surface area contributed by atoms with Crippen molar-refractivity contribution in [2.24, 2.45) is 10.8 Å². The highest BCUT2D eigenvalue weighted by atomic mass is 16.6. The molecule has 10 heteroatoms. The number of hydrogen-bond acceptors (Lipinski definition) is 8. The predicted octanol–water partition coefficient (Wildman–Crippen LogP) is 0.254. The third-order valence-electron chi connectivity index (χ3n) is 2.59. The van der Waals surface area contributed by atoms with Gasteiger partial charge in [-0.15, -0.1) is 0 Å². The molecule has 0 aliphatic heterocycles. The zero-order valence-electron chi connectivity index (χ0n) is 13.5. The maximum Gasteiger partial charge on any atom is 0.322 e. The lowest BCUT2D eigenvalue weighted by Gasteiger charge is -2.10. The molecule has 0 aromatic carbocycles. The molecule has 0 aliphatic carbocycles. The van der Waals surface area contributed by atoms with E-state index in [4.69, 9.17) is 30.2 Å². The molecule has 0 radical (unpaired) electrons. The van der Waals surface area contributed by atoms with Gasteiger partial charge in [0, 0.05) is 18.1 Å². The molecule has 0 fully saturated rings. The summed E-state index contributed by atoms with van der Waals surface area (Å²) >= 11 is 0. The van der Waals surface area contributed by atoms with Gasteiger partial charge in [-0.05, 0) is 12.0 Å². The van der Waals surface area contributed by atoms with Crippen molar-refractivity contribution in [3.8, 4) is 0 Å². The fourth-order valence-electron chi connectivity index (χ4n) is 1.39. The molecule has 0 heterocycles. The van der Waals surface area contributed by atoms with Crippen LogP contribution in [-0.4, -0.2) is 78.5 Å². The van der Waals surface area contributed by atoms with Crippen molar-refractivity contribution in [1.82, 2.24) is 0 Å². The Morgan fingerprint density at radius 1 is 1.00 bits per heavy atom. The quantitative estimate of drug-likeness (QED) is 0.140. The molecule has 23 heavy (non-hydrogen) atoms. The molecular formula is C13H26N4O6. The summed E-state index contributed by atoms with van der Waals surface area (Å²) in [5.74, 6) is -0.441. The molecule has 0 aromatic heterocycles. The number of azide groups is 1. The molecule has 2 N–H and O–H groups in total. The van der Waals surface area contributed by atoms with Gasteiger partial charge in [-0.3, -0.25) is 4.79 Å². The molecule has 0 rings (SSSR count). The Kier molecular flexibility index (Phi) is 15.9. The van der Waals surface area contributed by atoms with Crippen LogP contribution in [-0.2, 0) is 28.5 Å². The summed E-state index contributed by atoms with van der Waals surface area (Å²) in [5, 5.41) is 3.34. The van der Waals surface area contributed by atoms with Gasteiger partial charge >= 0.3 is 5.97 Å². The standard InChI is InChI=1S/C13H26N4O6/c1-19-13(18)12(14)2-4-20-6-8-22-10-11-23-9-7-21-5-3-16-17-15/h12H,2-11,14H2,1H3/t12-/m0/s1. The molecule has 0 bridgehead atoms. The van der Waals surface area contributed by atoms with Crippen molar-refractivity contribution in [1.29, 1.82) is 0 Å². The third kappa shape index (κ3) is 15.3. The van der Waals surface area contributed by atoms with Crippen molar-refractivity contribution in [3.05, 3.63) is 10.4 Å². The van der Waals surface area contributed by atoms with Crippen LogP contribution in [0.4, 0.5) is 0 Å². The van der Waals surface area contributed by atoms with E-state index in [1.165, 1.54) is 7.11 Å². The average molecular weight is 334 g/mol. The van der Waals surface area contributed by atoms with Crippen molar-refractivity contribution in [2.75, 3.05) is 66.5 Å². The van der Waals surface area contributed by atoms with Gasteiger partial charge < -0.3 is 29.4 Å². The van der Waals surface area contributed by atoms with E-state index in [0.717, 1.165) is 0 Å². The first kappa shape index (κ1) is 21.6. The minimum Gasteiger partial charge on any atom is -0.468 e. The molecule has 0 saturated carbocycles. The zero-order chi connectivity index (χ0) is 17.2. The Morgan fingerprint density at radius 2 is 1.48 bits per heavy atom. The Morgan fingerprint density at radius 3 is 1.96 bits per heavy atom. The van der Waals surface area contributed by atoms with Crippen LogP contribution in [0.5, 0.6) is 0 Å². The molecule has 0 unspecified atom stereocenters. The van der Waals surface area contributed by atoms with Crippen LogP contribution < -0.4 is 5.73 Å². The second-order valence-electron chi connectivity index (χ2n) is 4.32. The summed E-state index contributed by atoms with van der Waals surface area (Å²) in [7, 11) is 1.30. The van der Waals surface area contributed by atoms with Gasteiger partial charge in [0.1, 0.15) is 6.04 Å². The van der Waals surface area contributed by atoms with Gasteiger partial charge in [0.15, 0.2) is 0 Å². The maximum absolute atomic E-state index is 11.0. The van der Waals surface area contributed by atoms with Crippen molar-refractivity contribution >= 4 is 5.97 Å². The molecule has 0 saturated heterocycles. The summed E-state index contributed by atoms with van der Waals surface area (Å²) < 4.78 is 25.5. The van der Waals surface area contributed by atoms with Gasteiger partial charge in [0.25, 0.3) is 0 Å². The normalized spacial score (nSPS) is 11.7. The highest BCUT2D eigenvalue weighted by molar-refractivity contribution is 5.75. The molecule has 0 aromatic rings. The lowest BCUT2D eigenvalue weighted by molar-refractivity contribution is -0.142. The van der Waals surface area contributed by atoms with Crippen LogP contribution in [0.2, 0.25) is 0 Å². The largest absolute Gasteiger partial charge is 0.468 e. The first-order chi connectivity index (χ1) is 11.2. The van der Waals surface area contributed by atoms with E-state index < -0.39 is 12.0 Å². The van der Waals surface area contributed by atoms with E-state index in [-0.39, 0.29) is 0 Å². The van der Waals surface area contributed by atoms with Crippen LogP contribution in [0.25, 0.3) is 10.4 Å². The summed E-state index contributed by atoms with van der Waals surface area (Å²) in [6.45, 7) is 3.80. The van der Waals surface area contributed by atoms with E-state index in [0.29, 0.717) is 65.8 Å². The van der Waals surface area contributed by atoms with Gasteiger partial charge in [0.05, 0.1) is 53.4 Å². The number of ether oxygens (including phenoxy) is 5. The fourth-order valence-corrected chi connectivity index (χ4v) is 1.39. The molecular weight excluding hydrogens is 308 g/mol. The second kappa shape index (κ2) is 16.9. The molecule has 134 valence electrons. The number of hydrogen-bond donors (Lipinski definition) is 1. The van der Waals surface area contributed by atoms with E-state index in [9.17, 15) is 4.79 Å². The summed E-state index contributed by atoms with van der Waals surface area (Å²) in [6.07, 6.45) is 0.412. The lowest BCUT2D eigenvalue weighted by Crippen LogP contribution is -2.32. The topological polar surface area (TPSA) is 138 Å². The van der Waals surface area contributed by atoms with Crippen LogP contribution in [0, 0.1) is 0 Å². The second-order valence-corrected chi connectivity index (χ2v) is 4.32. The molecule has 10 nitrogen and oxygen atoms in total. The number of carbonyl (C=O) groups excluding carboxylic acids is 1. The van der Waals surface area contributed by atoms with Crippen LogP contribution >= 0.6 is 0 Å². The summed E-state index contributed by atoms with van der Waals surface area (Å²) in [5.41, 5.74) is 13.6. The molecule has 0 spiro atoms. The van der Waals surface area contributed by atoms with Crippen molar-refractivity contribution < 1.29 is 28.5 Å². The number of rotatable bonds is 16. The number of nitrogens with zero attached hydrogens (tertiary/aromatic N) is 3. The number of esters is 1. The summed E-state index contributed by atoms with van der Waals surface area (Å²) in [6, 6.07) is -0.650. The molecule has 0 aliphatic rings. The molecule has 0 amide bonds. The predicted molar refractivity (Wildman–Crippen MR) is 81.9 cm³/mol. The minimum absolute atomic E-state index is 0.324. The van der Waals surface area contributed by atoms with Crippen LogP contribution in [0.15, 0.2) is 5.11 Å². The minimum atomic E-state index is -0.650. The van der Waals surface area contributed by atoms with E-state index in [1.54, 1.807) is 0 Å². The number of nitrogens with two attached hydrogens (primary N) is 1. The Bertz CT molecular complexity index is 338. The third-order valence-corrected chi connectivity index (χ3v) is 2.59. The average Bonchev–Trinajstić information content (AvgIpc) is 2.57. The molecule has 1 atom stereocenters. The van der Waals surface area contributed by atoms with Gasteiger partial charge in [-0.1, -0.05) is 5.11 Å². The summed E-state index contributed by atoms with van der Waals surface area (Å²) in [4.78, 5) is 13.6. The van der Waals surface area contributed by atoms with Gasteiger partial charge in [-0.2, -0.15) is 0 Å². The van der Waals surface area contributed by atoms with Crippen molar-refractivity contribution in [2.45, 2.75) is 12.5 Å². The van der Waals surface area contributed by atoms with Gasteiger partial charge in [0.2, 0.25) is 0 Å². The fraction of sp³-hybridized carbons (Fsp3) is 0.923. The van der Waals surface area contributed by atoms with E-state index >= 15 is 0 Å². The van der Waals surface area contributed by atoms with E-state index in [1.807, 2.05) is 0 Å². The monoisotopic (exact) mass is 334 g/mol. The SMILES string of the molecule is COC(=O)[C@@H](N)CCOCCOCCOCCOCCN=[N+]=[N-]. The number of methoxy groups -OCH3 is 1. The Labute approximate surface area is 135 Å². The first-order valence-electron chi connectivity index (χ1n) is 7.37. The zero-order valence-corrected chi connectivity index (χ0v) is 13.5. The van der Waals surface area contributed by atoms with Crippen LogP contribution in [0.1, 0.15) is 6.42 Å². The van der Waals surface area contributed by atoms with E-state index in [2.05, 4.69) is 14.8 Å². The lowest BCUT2D eigenvalue weighted by atomic mass is 10.2. The number of carbonyl (C=O) groups is 1. The highest BCUT2D eigenvalue weighted by Gasteiger charge is 2.12. The Balaban J connectivity index is 3.13. The van der Waals surface area contributed by atoms with Crippen LogP contribution in [0.3, 0.4) is 0 Å². The smallest absolute Gasteiger partial charge is 0.322 e. The highest BCUT2D eigenvalue weighted by Crippen LogP contribution is 1.92. The maximum atomic E-state index is 11.0.